The van der Waals surface area contributed by atoms with Crippen molar-refractivity contribution in [3.05, 3.63) is 59.9 Å². The van der Waals surface area contributed by atoms with Crippen molar-refractivity contribution in [3.8, 4) is 11.4 Å². The number of nitrogens with one attached hydrogen (secondary N) is 1. The van der Waals surface area contributed by atoms with Gasteiger partial charge in [0.2, 0.25) is 11.1 Å². The Kier molecular flexibility index (Phi) is 5.12. The normalized spacial score (nSPS) is 10.7. The van der Waals surface area contributed by atoms with Crippen molar-refractivity contribution >= 4 is 23.4 Å². The number of nitrogens with zero attached hydrogens (tertiary/aromatic N) is 3. The third-order valence-corrected chi connectivity index (χ3v) is 4.25. The lowest BCUT2D eigenvalue weighted by molar-refractivity contribution is -0.113. The maximum absolute atomic E-state index is 13.1. The fourth-order valence-corrected chi connectivity index (χ4v) is 2.73. The van der Waals surface area contributed by atoms with Gasteiger partial charge in [-0.15, -0.1) is 10.2 Å². The zero-order valence-corrected chi connectivity index (χ0v) is 13.9. The van der Waals surface area contributed by atoms with Gasteiger partial charge < -0.3 is 11.2 Å². The average molecular weight is 379 g/mol. The van der Waals surface area contributed by atoms with E-state index in [4.69, 9.17) is 5.84 Å². The van der Waals surface area contributed by atoms with E-state index in [1.807, 2.05) is 0 Å². The number of nitrogens with two attached hydrogens (primary N) is 1. The summed E-state index contributed by atoms with van der Waals surface area (Å²) >= 11 is 1.01. The quantitative estimate of drug-likeness (QED) is 0.526. The topological polar surface area (TPSA) is 85.8 Å². The fraction of sp³-hybridized carbons (Fsp3) is 0.0625. The molecule has 0 fully saturated rings. The number of hydrogen-bond acceptors (Lipinski definition) is 5. The molecule has 2 aromatic carbocycles. The second-order valence-electron chi connectivity index (χ2n) is 5.15. The van der Waals surface area contributed by atoms with Crippen LogP contribution in [0.15, 0.2) is 47.6 Å². The molecule has 0 bridgehead atoms. The molecule has 0 aliphatic carbocycles. The van der Waals surface area contributed by atoms with Crippen LogP contribution in [0.4, 0.5) is 18.9 Å². The van der Waals surface area contributed by atoms with Crippen molar-refractivity contribution in [1.82, 2.24) is 14.9 Å². The van der Waals surface area contributed by atoms with Crippen molar-refractivity contribution in [2.24, 2.45) is 0 Å². The van der Waals surface area contributed by atoms with Crippen molar-refractivity contribution in [2.45, 2.75) is 5.16 Å². The number of amides is 1. The molecule has 6 nitrogen and oxygen atoms in total. The summed E-state index contributed by atoms with van der Waals surface area (Å²) in [5.74, 6) is 3.25. The van der Waals surface area contributed by atoms with Crippen molar-refractivity contribution in [3.63, 3.8) is 0 Å². The summed E-state index contributed by atoms with van der Waals surface area (Å²) in [6, 6.07) is 8.61. The first-order valence-corrected chi connectivity index (χ1v) is 8.27. The van der Waals surface area contributed by atoms with Gasteiger partial charge in [0.15, 0.2) is 17.5 Å². The first kappa shape index (κ1) is 17.8. The molecular formula is C16H12F3N5OS. The largest absolute Gasteiger partial charge is 0.335 e. The molecule has 0 saturated heterocycles. The molecule has 0 atom stereocenters. The molecule has 26 heavy (non-hydrogen) atoms. The second-order valence-corrected chi connectivity index (χ2v) is 6.09. The van der Waals surface area contributed by atoms with E-state index >= 15 is 0 Å². The molecule has 0 aliphatic heterocycles. The number of anilines is 1. The van der Waals surface area contributed by atoms with Crippen LogP contribution in [0.25, 0.3) is 11.4 Å². The number of aromatic nitrogens is 3. The Bertz CT molecular complexity index is 946. The number of nitrogen functional groups attached to an aromatic ring is 1. The number of thioether (sulfide) groups is 1. The van der Waals surface area contributed by atoms with Crippen LogP contribution < -0.4 is 11.2 Å². The Morgan fingerprint density at radius 3 is 2.50 bits per heavy atom. The minimum absolute atomic E-state index is 0.0717. The summed E-state index contributed by atoms with van der Waals surface area (Å²) in [7, 11) is 0. The lowest BCUT2D eigenvalue weighted by Crippen LogP contribution is -2.16. The average Bonchev–Trinajstić information content (AvgIpc) is 2.98. The van der Waals surface area contributed by atoms with Gasteiger partial charge in [0.05, 0.1) is 5.75 Å². The molecule has 0 radical (unpaired) electrons. The fourth-order valence-electron chi connectivity index (χ4n) is 2.07. The van der Waals surface area contributed by atoms with Gasteiger partial charge in [-0.2, -0.15) is 0 Å². The van der Waals surface area contributed by atoms with Crippen LogP contribution in [0, 0.1) is 17.5 Å². The van der Waals surface area contributed by atoms with E-state index in [1.165, 1.54) is 35.0 Å². The van der Waals surface area contributed by atoms with Gasteiger partial charge >= 0.3 is 0 Å². The highest BCUT2D eigenvalue weighted by atomic mass is 32.2. The van der Waals surface area contributed by atoms with Gasteiger partial charge in [-0.1, -0.05) is 11.8 Å². The highest BCUT2D eigenvalue weighted by Crippen LogP contribution is 2.22. The van der Waals surface area contributed by atoms with Crippen molar-refractivity contribution in [2.75, 3.05) is 16.9 Å². The van der Waals surface area contributed by atoms with E-state index in [0.29, 0.717) is 11.4 Å². The first-order chi connectivity index (χ1) is 12.4. The molecule has 134 valence electrons. The molecule has 0 aliphatic rings. The number of rotatable bonds is 5. The van der Waals surface area contributed by atoms with Crippen LogP contribution in [0.3, 0.4) is 0 Å². The summed E-state index contributed by atoms with van der Waals surface area (Å²) in [4.78, 5) is 11.9. The Hall–Kier alpha value is -3.01. The van der Waals surface area contributed by atoms with E-state index in [1.54, 1.807) is 0 Å². The number of carbonyl (C=O) groups excluding carboxylic acids is 1. The number of carbonyl (C=O) groups is 1. The van der Waals surface area contributed by atoms with E-state index in [0.717, 1.165) is 23.9 Å². The van der Waals surface area contributed by atoms with Gasteiger partial charge in [-0.25, -0.2) is 17.8 Å². The van der Waals surface area contributed by atoms with Gasteiger partial charge in [0.25, 0.3) is 0 Å². The van der Waals surface area contributed by atoms with Crippen LogP contribution in [-0.4, -0.2) is 26.5 Å². The third-order valence-electron chi connectivity index (χ3n) is 3.30. The Labute approximate surface area is 150 Å². The Morgan fingerprint density at radius 1 is 1.08 bits per heavy atom. The molecule has 1 aromatic heterocycles. The molecule has 1 heterocycles. The lowest BCUT2D eigenvalue weighted by atomic mass is 10.2. The lowest BCUT2D eigenvalue weighted by Gasteiger charge is -2.06. The summed E-state index contributed by atoms with van der Waals surface area (Å²) in [5.41, 5.74) is 0.704. The molecular weight excluding hydrogens is 367 g/mol. The number of halogens is 3. The SMILES string of the molecule is Nn1c(SCC(=O)Nc2ccc(F)c(F)c2)nnc1-c1ccc(F)cc1. The Morgan fingerprint density at radius 2 is 1.81 bits per heavy atom. The molecule has 0 saturated carbocycles. The summed E-state index contributed by atoms with van der Waals surface area (Å²) in [6.07, 6.45) is 0. The molecule has 3 aromatic rings. The molecule has 3 rings (SSSR count). The molecule has 1 amide bonds. The molecule has 0 spiro atoms. The zero-order valence-electron chi connectivity index (χ0n) is 13.1. The predicted octanol–water partition coefficient (Wildman–Crippen LogP) is 2.81. The smallest absolute Gasteiger partial charge is 0.234 e. The number of hydrogen-bond donors (Lipinski definition) is 2. The summed E-state index contributed by atoms with van der Waals surface area (Å²) in [5, 5.41) is 10.5. The first-order valence-electron chi connectivity index (χ1n) is 7.28. The van der Waals surface area contributed by atoms with E-state index in [9.17, 15) is 18.0 Å². The predicted molar refractivity (Wildman–Crippen MR) is 91.3 cm³/mol. The molecule has 3 N–H and O–H groups in total. The molecule has 0 unspecified atom stereocenters. The minimum Gasteiger partial charge on any atom is -0.335 e. The van der Waals surface area contributed by atoms with Crippen molar-refractivity contribution < 1.29 is 18.0 Å². The van der Waals surface area contributed by atoms with Gasteiger partial charge in [0.1, 0.15) is 5.82 Å². The van der Waals surface area contributed by atoms with Crippen molar-refractivity contribution in [1.29, 1.82) is 0 Å². The second kappa shape index (κ2) is 7.48. The zero-order chi connectivity index (χ0) is 18.7. The van der Waals surface area contributed by atoms with Gasteiger partial charge in [-0.3, -0.25) is 4.79 Å². The maximum Gasteiger partial charge on any atom is 0.234 e. The van der Waals surface area contributed by atoms with Crippen LogP contribution in [-0.2, 0) is 4.79 Å². The van der Waals surface area contributed by atoms with Crippen LogP contribution in [0.5, 0.6) is 0 Å². The van der Waals surface area contributed by atoms with Crippen LogP contribution in [0.1, 0.15) is 0 Å². The van der Waals surface area contributed by atoms with E-state index in [-0.39, 0.29) is 22.4 Å². The van der Waals surface area contributed by atoms with Gasteiger partial charge in [-0.05, 0) is 36.4 Å². The highest BCUT2D eigenvalue weighted by Gasteiger charge is 2.14. The van der Waals surface area contributed by atoms with Crippen LogP contribution >= 0.6 is 11.8 Å². The van der Waals surface area contributed by atoms with Crippen LogP contribution in [0.2, 0.25) is 0 Å². The van der Waals surface area contributed by atoms with Gasteiger partial charge in [0, 0.05) is 17.3 Å². The summed E-state index contributed by atoms with van der Waals surface area (Å²) in [6.45, 7) is 0. The van der Waals surface area contributed by atoms with E-state index in [2.05, 4.69) is 15.5 Å². The summed E-state index contributed by atoms with van der Waals surface area (Å²) < 4.78 is 40.2. The molecule has 10 heteroatoms. The van der Waals surface area contributed by atoms with E-state index < -0.39 is 17.5 Å². The third kappa shape index (κ3) is 3.97. The minimum atomic E-state index is -1.05. The Balaban J connectivity index is 1.63. The monoisotopic (exact) mass is 379 g/mol. The maximum atomic E-state index is 13.1. The highest BCUT2D eigenvalue weighted by molar-refractivity contribution is 7.99. The standard InChI is InChI=1S/C16H12F3N5OS/c17-10-3-1-9(2-4-10)15-22-23-16(24(15)20)26-8-14(25)21-11-5-6-12(18)13(19)7-11/h1-7H,8,20H2,(H,21,25). The number of benzene rings is 2.